The molecule has 0 aliphatic carbocycles. The lowest BCUT2D eigenvalue weighted by molar-refractivity contribution is 0.0699. The van der Waals surface area contributed by atoms with Gasteiger partial charge < -0.3 is 5.11 Å². The van der Waals surface area contributed by atoms with Gasteiger partial charge in [0.25, 0.3) is 0 Å². The SMILES string of the molecule is CC(C)(C)c1ccc(-c2n[nH]c3cccc(C(=O)O)c23)cc1. The molecule has 0 unspecified atom stereocenters. The fourth-order valence-electron chi connectivity index (χ4n) is 2.59. The van der Waals surface area contributed by atoms with Crippen LogP contribution in [0.25, 0.3) is 22.2 Å². The van der Waals surface area contributed by atoms with Crippen molar-refractivity contribution >= 4 is 16.9 Å². The Bertz CT molecular complexity index is 840. The maximum Gasteiger partial charge on any atom is 0.336 e. The molecule has 0 saturated heterocycles. The summed E-state index contributed by atoms with van der Waals surface area (Å²) in [5, 5.41) is 17.3. The van der Waals surface area contributed by atoms with Crippen LogP contribution in [0.5, 0.6) is 0 Å². The molecule has 22 heavy (non-hydrogen) atoms. The number of benzene rings is 2. The van der Waals surface area contributed by atoms with Gasteiger partial charge in [0.2, 0.25) is 0 Å². The molecular formula is C18H18N2O2. The third-order valence-electron chi connectivity index (χ3n) is 3.84. The molecule has 0 aliphatic heterocycles. The molecule has 0 atom stereocenters. The van der Waals surface area contributed by atoms with Gasteiger partial charge in [-0.15, -0.1) is 0 Å². The summed E-state index contributed by atoms with van der Waals surface area (Å²) in [6.45, 7) is 6.48. The summed E-state index contributed by atoms with van der Waals surface area (Å²) in [5.74, 6) is -0.945. The molecule has 0 spiro atoms. The Morgan fingerprint density at radius 3 is 2.36 bits per heavy atom. The molecule has 0 bridgehead atoms. The van der Waals surface area contributed by atoms with Crippen molar-refractivity contribution < 1.29 is 9.90 Å². The van der Waals surface area contributed by atoms with E-state index in [1.54, 1.807) is 12.1 Å². The fourth-order valence-corrected chi connectivity index (χ4v) is 2.59. The van der Waals surface area contributed by atoms with E-state index < -0.39 is 5.97 Å². The smallest absolute Gasteiger partial charge is 0.336 e. The van der Waals surface area contributed by atoms with E-state index in [9.17, 15) is 9.90 Å². The zero-order valence-corrected chi connectivity index (χ0v) is 12.8. The number of nitrogens with one attached hydrogen (secondary N) is 1. The van der Waals surface area contributed by atoms with E-state index in [2.05, 4.69) is 43.1 Å². The second-order valence-electron chi connectivity index (χ2n) is 6.43. The number of carboxylic acids is 1. The minimum Gasteiger partial charge on any atom is -0.478 e. The van der Waals surface area contributed by atoms with Gasteiger partial charge >= 0.3 is 5.97 Å². The van der Waals surface area contributed by atoms with Crippen LogP contribution in [0.1, 0.15) is 36.7 Å². The van der Waals surface area contributed by atoms with Gasteiger partial charge in [0.1, 0.15) is 5.69 Å². The number of carboxylic acid groups (broad SMARTS) is 1. The van der Waals surface area contributed by atoms with Crippen LogP contribution < -0.4 is 0 Å². The highest BCUT2D eigenvalue weighted by atomic mass is 16.4. The van der Waals surface area contributed by atoms with Gasteiger partial charge in [0.15, 0.2) is 0 Å². The average molecular weight is 294 g/mol. The molecule has 2 aromatic carbocycles. The largest absolute Gasteiger partial charge is 0.478 e. The minimum atomic E-state index is -0.945. The van der Waals surface area contributed by atoms with Crippen LogP contribution in [0, 0.1) is 0 Å². The van der Waals surface area contributed by atoms with E-state index in [0.717, 1.165) is 11.1 Å². The van der Waals surface area contributed by atoms with E-state index in [1.807, 2.05) is 18.2 Å². The van der Waals surface area contributed by atoms with Crippen molar-refractivity contribution in [2.75, 3.05) is 0 Å². The van der Waals surface area contributed by atoms with Crippen LogP contribution in [0.3, 0.4) is 0 Å². The van der Waals surface area contributed by atoms with Gasteiger partial charge in [-0.2, -0.15) is 5.10 Å². The first-order chi connectivity index (χ1) is 10.4. The molecule has 0 aliphatic rings. The number of nitrogens with zero attached hydrogens (tertiary/aromatic N) is 1. The lowest BCUT2D eigenvalue weighted by Gasteiger charge is -2.19. The minimum absolute atomic E-state index is 0.0817. The summed E-state index contributed by atoms with van der Waals surface area (Å²) in [6.07, 6.45) is 0. The van der Waals surface area contributed by atoms with E-state index >= 15 is 0 Å². The number of H-pyrrole nitrogens is 1. The number of aromatic carboxylic acids is 1. The molecule has 0 amide bonds. The second-order valence-corrected chi connectivity index (χ2v) is 6.43. The molecule has 0 fully saturated rings. The Balaban J connectivity index is 2.17. The van der Waals surface area contributed by atoms with Crippen molar-refractivity contribution in [3.05, 3.63) is 53.6 Å². The molecule has 1 aromatic heterocycles. The predicted octanol–water partition coefficient (Wildman–Crippen LogP) is 4.23. The van der Waals surface area contributed by atoms with E-state index in [1.165, 1.54) is 5.56 Å². The highest BCUT2D eigenvalue weighted by Crippen LogP contribution is 2.31. The van der Waals surface area contributed by atoms with Gasteiger partial charge in [-0.25, -0.2) is 4.79 Å². The van der Waals surface area contributed by atoms with Crippen LogP contribution in [0.15, 0.2) is 42.5 Å². The Hall–Kier alpha value is -2.62. The number of aromatic nitrogens is 2. The molecule has 4 heteroatoms. The molecular weight excluding hydrogens is 276 g/mol. The van der Waals surface area contributed by atoms with Crippen molar-refractivity contribution in [2.45, 2.75) is 26.2 Å². The third-order valence-corrected chi connectivity index (χ3v) is 3.84. The van der Waals surface area contributed by atoms with Gasteiger partial charge in [-0.3, -0.25) is 5.10 Å². The summed E-state index contributed by atoms with van der Waals surface area (Å²) < 4.78 is 0. The molecule has 112 valence electrons. The summed E-state index contributed by atoms with van der Waals surface area (Å²) in [4.78, 5) is 11.4. The lowest BCUT2D eigenvalue weighted by Crippen LogP contribution is -2.10. The second kappa shape index (κ2) is 4.98. The van der Waals surface area contributed by atoms with Crippen LogP contribution in [-0.4, -0.2) is 21.3 Å². The Kier molecular flexibility index (Phi) is 3.24. The number of hydrogen-bond acceptors (Lipinski definition) is 2. The van der Waals surface area contributed by atoms with E-state index in [0.29, 0.717) is 11.1 Å². The van der Waals surface area contributed by atoms with Crippen molar-refractivity contribution in [3.63, 3.8) is 0 Å². The molecule has 1 heterocycles. The first-order valence-electron chi connectivity index (χ1n) is 7.19. The maximum atomic E-state index is 11.4. The molecule has 2 N–H and O–H groups in total. The van der Waals surface area contributed by atoms with Crippen LogP contribution >= 0.6 is 0 Å². The molecule has 3 aromatic rings. The monoisotopic (exact) mass is 294 g/mol. The zero-order chi connectivity index (χ0) is 15.9. The summed E-state index contributed by atoms with van der Waals surface area (Å²) in [5.41, 5.74) is 3.89. The van der Waals surface area contributed by atoms with Gasteiger partial charge in [-0.05, 0) is 23.1 Å². The summed E-state index contributed by atoms with van der Waals surface area (Å²) >= 11 is 0. The Morgan fingerprint density at radius 1 is 1.09 bits per heavy atom. The number of hydrogen-bond donors (Lipinski definition) is 2. The van der Waals surface area contributed by atoms with Gasteiger partial charge in [0.05, 0.1) is 11.1 Å². The molecule has 4 nitrogen and oxygen atoms in total. The molecule has 0 saturated carbocycles. The van der Waals surface area contributed by atoms with Gasteiger partial charge in [0, 0.05) is 10.9 Å². The number of rotatable bonds is 2. The van der Waals surface area contributed by atoms with E-state index in [-0.39, 0.29) is 11.0 Å². The van der Waals surface area contributed by atoms with Crippen molar-refractivity contribution in [1.29, 1.82) is 0 Å². The third kappa shape index (κ3) is 2.37. The molecule has 0 radical (unpaired) electrons. The van der Waals surface area contributed by atoms with Crippen LogP contribution in [0.2, 0.25) is 0 Å². The van der Waals surface area contributed by atoms with Crippen LogP contribution in [0.4, 0.5) is 0 Å². The number of aromatic amines is 1. The topological polar surface area (TPSA) is 66.0 Å². The highest BCUT2D eigenvalue weighted by Gasteiger charge is 2.17. The van der Waals surface area contributed by atoms with Crippen molar-refractivity contribution in [1.82, 2.24) is 10.2 Å². The fraction of sp³-hybridized carbons (Fsp3) is 0.222. The maximum absolute atomic E-state index is 11.4. The molecule has 3 rings (SSSR count). The number of carbonyl (C=O) groups is 1. The quantitative estimate of drug-likeness (QED) is 0.743. The van der Waals surface area contributed by atoms with Crippen molar-refractivity contribution in [2.24, 2.45) is 0 Å². The zero-order valence-electron chi connectivity index (χ0n) is 12.8. The highest BCUT2D eigenvalue weighted by molar-refractivity contribution is 6.08. The number of fused-ring (bicyclic) bond motifs is 1. The first-order valence-corrected chi connectivity index (χ1v) is 7.19. The summed E-state index contributed by atoms with van der Waals surface area (Å²) in [7, 11) is 0. The average Bonchev–Trinajstić information content (AvgIpc) is 2.90. The van der Waals surface area contributed by atoms with Crippen molar-refractivity contribution in [3.8, 4) is 11.3 Å². The lowest BCUT2D eigenvalue weighted by atomic mass is 9.86. The summed E-state index contributed by atoms with van der Waals surface area (Å²) in [6, 6.07) is 13.3. The Morgan fingerprint density at radius 2 is 1.77 bits per heavy atom. The Labute approximate surface area is 128 Å². The van der Waals surface area contributed by atoms with Gasteiger partial charge in [-0.1, -0.05) is 51.1 Å². The van der Waals surface area contributed by atoms with Crippen LogP contribution in [-0.2, 0) is 5.41 Å². The van der Waals surface area contributed by atoms with E-state index in [4.69, 9.17) is 0 Å². The normalized spacial score (nSPS) is 11.8. The predicted molar refractivity (Wildman–Crippen MR) is 87.2 cm³/mol. The first kappa shape index (κ1) is 14.3. The standard InChI is InChI=1S/C18H18N2O2/c1-18(2,3)12-9-7-11(8-10-12)16-15-13(17(21)22)5-4-6-14(15)19-20-16/h4-10H,1-3H3,(H,19,20)(H,21,22).